The fraction of sp³-hybridized carbons (Fsp3) is 0.0714. The predicted molar refractivity (Wildman–Crippen MR) is 77.0 cm³/mol. The van der Waals surface area contributed by atoms with Crippen molar-refractivity contribution in [3.8, 4) is 0 Å². The lowest BCUT2D eigenvalue weighted by molar-refractivity contribution is -0.384. The second-order valence-corrected chi connectivity index (χ2v) is 4.18. The molecule has 0 aliphatic carbocycles. The van der Waals surface area contributed by atoms with E-state index in [9.17, 15) is 14.9 Å². The second kappa shape index (κ2) is 6.38. The summed E-state index contributed by atoms with van der Waals surface area (Å²) in [6.45, 7) is 1.76. The zero-order valence-corrected chi connectivity index (χ0v) is 11.2. The first-order chi connectivity index (χ1) is 10.1. The molecule has 1 aromatic carbocycles. The number of carbonyl (C=O) groups excluding carboxylic acids is 1. The Morgan fingerprint density at radius 3 is 2.33 bits per heavy atom. The van der Waals surface area contributed by atoms with Crippen LogP contribution in [0.1, 0.15) is 22.8 Å². The van der Waals surface area contributed by atoms with Crippen molar-refractivity contribution in [3.05, 3.63) is 70.0 Å². The van der Waals surface area contributed by atoms with Crippen LogP contribution in [0.2, 0.25) is 0 Å². The molecule has 2 rings (SSSR count). The Kier molecular flexibility index (Phi) is 4.35. The van der Waals surface area contributed by atoms with Gasteiger partial charge in [0, 0.05) is 35.7 Å². The smallest absolute Gasteiger partial charge is 0.267 e. The lowest BCUT2D eigenvalue weighted by atomic mass is 10.2. The number of hydrogen-bond donors (Lipinski definition) is 1. The fourth-order valence-corrected chi connectivity index (χ4v) is 1.59. The van der Waals surface area contributed by atoms with Gasteiger partial charge < -0.3 is 0 Å². The van der Waals surface area contributed by atoms with Gasteiger partial charge in [-0.15, -0.1) is 0 Å². The van der Waals surface area contributed by atoms with Gasteiger partial charge in [-0.3, -0.25) is 19.9 Å². The summed E-state index contributed by atoms with van der Waals surface area (Å²) < 4.78 is 0. The molecule has 0 aliphatic heterocycles. The van der Waals surface area contributed by atoms with Crippen LogP contribution in [0.25, 0.3) is 0 Å². The molecule has 1 amide bonds. The SMILES string of the molecule is C/C(=N\NC(=O)c1ccc([N+](=O)[O-])cc1)c1ccncc1. The number of non-ortho nitro benzene ring substituents is 1. The van der Waals surface area contributed by atoms with Crippen molar-refractivity contribution in [3.63, 3.8) is 0 Å². The topological polar surface area (TPSA) is 97.5 Å². The fourth-order valence-electron chi connectivity index (χ4n) is 1.59. The zero-order valence-electron chi connectivity index (χ0n) is 11.2. The molecule has 21 heavy (non-hydrogen) atoms. The highest BCUT2D eigenvalue weighted by molar-refractivity contribution is 6.00. The number of aromatic nitrogens is 1. The van der Waals surface area contributed by atoms with E-state index < -0.39 is 10.8 Å². The summed E-state index contributed by atoms with van der Waals surface area (Å²) >= 11 is 0. The summed E-state index contributed by atoms with van der Waals surface area (Å²) in [5.41, 5.74) is 4.11. The lowest BCUT2D eigenvalue weighted by Gasteiger charge is -2.02. The third-order valence-electron chi connectivity index (χ3n) is 2.76. The van der Waals surface area contributed by atoms with Gasteiger partial charge in [0.05, 0.1) is 10.6 Å². The summed E-state index contributed by atoms with van der Waals surface area (Å²) in [7, 11) is 0. The molecule has 0 unspecified atom stereocenters. The predicted octanol–water partition coefficient (Wildman–Crippen LogP) is 2.14. The Morgan fingerprint density at radius 2 is 1.76 bits per heavy atom. The Labute approximate surface area is 120 Å². The average Bonchev–Trinajstić information content (AvgIpc) is 2.53. The number of hydrogen-bond acceptors (Lipinski definition) is 5. The molecule has 0 saturated heterocycles. The van der Waals surface area contributed by atoms with Crippen molar-refractivity contribution in [2.45, 2.75) is 6.92 Å². The van der Waals surface area contributed by atoms with E-state index in [0.29, 0.717) is 11.3 Å². The third kappa shape index (κ3) is 3.69. The van der Waals surface area contributed by atoms with Crippen molar-refractivity contribution in [2.24, 2.45) is 5.10 Å². The first kappa shape index (κ1) is 14.3. The van der Waals surface area contributed by atoms with E-state index in [1.165, 1.54) is 24.3 Å². The molecule has 0 aliphatic rings. The standard InChI is InChI=1S/C14H12N4O3/c1-10(11-6-8-15-9-7-11)16-17-14(19)12-2-4-13(5-3-12)18(20)21/h2-9H,1H3,(H,17,19)/b16-10+. The third-order valence-corrected chi connectivity index (χ3v) is 2.76. The normalized spacial score (nSPS) is 11.0. The van der Waals surface area contributed by atoms with E-state index in [1.54, 1.807) is 31.5 Å². The van der Waals surface area contributed by atoms with Gasteiger partial charge in [-0.2, -0.15) is 5.10 Å². The minimum absolute atomic E-state index is 0.0667. The molecule has 0 spiro atoms. The van der Waals surface area contributed by atoms with Crippen LogP contribution in [0, 0.1) is 10.1 Å². The molecule has 0 radical (unpaired) electrons. The summed E-state index contributed by atoms with van der Waals surface area (Å²) in [6, 6.07) is 8.85. The average molecular weight is 284 g/mol. The number of nitro benzene ring substituents is 1. The number of benzene rings is 1. The monoisotopic (exact) mass is 284 g/mol. The molecular weight excluding hydrogens is 272 g/mol. The van der Waals surface area contributed by atoms with E-state index in [2.05, 4.69) is 15.5 Å². The quantitative estimate of drug-likeness (QED) is 0.528. The van der Waals surface area contributed by atoms with Gasteiger partial charge in [0.15, 0.2) is 0 Å². The van der Waals surface area contributed by atoms with Gasteiger partial charge in [0.2, 0.25) is 0 Å². The van der Waals surface area contributed by atoms with Crippen LogP contribution in [0.4, 0.5) is 5.69 Å². The van der Waals surface area contributed by atoms with E-state index in [1.807, 2.05) is 0 Å². The molecule has 2 aromatic rings. The second-order valence-electron chi connectivity index (χ2n) is 4.18. The van der Waals surface area contributed by atoms with E-state index >= 15 is 0 Å². The maximum Gasteiger partial charge on any atom is 0.271 e. The maximum absolute atomic E-state index is 11.9. The van der Waals surface area contributed by atoms with Crippen LogP contribution in [0.5, 0.6) is 0 Å². The molecule has 7 heteroatoms. The maximum atomic E-state index is 11.9. The summed E-state index contributed by atoms with van der Waals surface area (Å²) in [5, 5.41) is 14.5. The molecule has 0 atom stereocenters. The highest BCUT2D eigenvalue weighted by Gasteiger charge is 2.08. The van der Waals surface area contributed by atoms with Gasteiger partial charge in [-0.25, -0.2) is 5.43 Å². The molecule has 1 heterocycles. The highest BCUT2D eigenvalue weighted by Crippen LogP contribution is 2.11. The van der Waals surface area contributed by atoms with Gasteiger partial charge >= 0.3 is 0 Å². The summed E-state index contributed by atoms with van der Waals surface area (Å²) in [5.74, 6) is -0.432. The number of amides is 1. The molecule has 0 saturated carbocycles. The van der Waals surface area contributed by atoms with E-state index in [-0.39, 0.29) is 5.69 Å². The number of nitrogens with zero attached hydrogens (tertiary/aromatic N) is 3. The lowest BCUT2D eigenvalue weighted by Crippen LogP contribution is -2.19. The molecule has 1 aromatic heterocycles. The first-order valence-corrected chi connectivity index (χ1v) is 6.07. The number of pyridine rings is 1. The van der Waals surface area contributed by atoms with E-state index in [4.69, 9.17) is 0 Å². The molecule has 0 bridgehead atoms. The van der Waals surface area contributed by atoms with Gasteiger partial charge in [-0.05, 0) is 31.2 Å². The number of hydrazone groups is 1. The summed E-state index contributed by atoms with van der Waals surface area (Å²) in [4.78, 5) is 25.8. The van der Waals surface area contributed by atoms with Crippen molar-refractivity contribution in [1.29, 1.82) is 0 Å². The Balaban J connectivity index is 2.06. The number of nitrogens with one attached hydrogen (secondary N) is 1. The zero-order chi connectivity index (χ0) is 15.2. The summed E-state index contributed by atoms with van der Waals surface area (Å²) in [6.07, 6.45) is 3.26. The minimum Gasteiger partial charge on any atom is -0.267 e. The molecule has 7 nitrogen and oxygen atoms in total. The highest BCUT2D eigenvalue weighted by atomic mass is 16.6. The number of rotatable bonds is 4. The van der Waals surface area contributed by atoms with Crippen LogP contribution in [-0.2, 0) is 0 Å². The van der Waals surface area contributed by atoms with Gasteiger partial charge in [0.25, 0.3) is 11.6 Å². The molecule has 0 fully saturated rings. The Bertz CT molecular complexity index is 681. The Morgan fingerprint density at radius 1 is 1.14 bits per heavy atom. The first-order valence-electron chi connectivity index (χ1n) is 6.07. The van der Waals surface area contributed by atoms with Gasteiger partial charge in [0.1, 0.15) is 0 Å². The van der Waals surface area contributed by atoms with E-state index in [0.717, 1.165) is 5.56 Å². The van der Waals surface area contributed by atoms with Crippen molar-refractivity contribution in [2.75, 3.05) is 0 Å². The van der Waals surface area contributed by atoms with Crippen LogP contribution >= 0.6 is 0 Å². The van der Waals surface area contributed by atoms with Gasteiger partial charge in [-0.1, -0.05) is 0 Å². The number of carbonyl (C=O) groups is 1. The van der Waals surface area contributed by atoms with Crippen molar-refractivity contribution >= 4 is 17.3 Å². The van der Waals surface area contributed by atoms with Crippen LogP contribution in [0.15, 0.2) is 53.9 Å². The molecular formula is C14H12N4O3. The van der Waals surface area contributed by atoms with Crippen molar-refractivity contribution < 1.29 is 9.72 Å². The largest absolute Gasteiger partial charge is 0.271 e. The minimum atomic E-state index is -0.520. The van der Waals surface area contributed by atoms with Crippen LogP contribution < -0.4 is 5.43 Å². The molecule has 1 N–H and O–H groups in total. The van der Waals surface area contributed by atoms with Crippen LogP contribution in [-0.4, -0.2) is 21.5 Å². The molecule has 106 valence electrons. The Hall–Kier alpha value is -3.09. The number of nitro groups is 1. The van der Waals surface area contributed by atoms with Crippen molar-refractivity contribution in [1.82, 2.24) is 10.4 Å². The van der Waals surface area contributed by atoms with Crippen LogP contribution in [0.3, 0.4) is 0 Å².